The second-order valence-corrected chi connectivity index (χ2v) is 4.53. The molecule has 1 aromatic carbocycles. The average Bonchev–Trinajstić information content (AvgIpc) is 2.66. The van der Waals surface area contributed by atoms with E-state index in [1.165, 1.54) is 0 Å². The summed E-state index contributed by atoms with van der Waals surface area (Å²) >= 11 is 0. The van der Waals surface area contributed by atoms with E-state index >= 15 is 0 Å². The van der Waals surface area contributed by atoms with Gasteiger partial charge in [-0.2, -0.15) is 0 Å². The Labute approximate surface area is 120 Å². The van der Waals surface area contributed by atoms with E-state index in [-0.39, 0.29) is 24.4 Å². The smallest absolute Gasteiger partial charge is 0.239 e. The van der Waals surface area contributed by atoms with Gasteiger partial charge >= 0.3 is 0 Å². The van der Waals surface area contributed by atoms with Gasteiger partial charge < -0.3 is 15.4 Å². The summed E-state index contributed by atoms with van der Waals surface area (Å²) in [5, 5.41) is 6.15. The highest BCUT2D eigenvalue weighted by atomic mass is 35.5. The molecule has 1 atom stereocenters. The van der Waals surface area contributed by atoms with Gasteiger partial charge in [0.25, 0.3) is 0 Å². The topological polar surface area (TPSA) is 50.4 Å². The van der Waals surface area contributed by atoms with Gasteiger partial charge in [-0.1, -0.05) is 18.2 Å². The molecule has 19 heavy (non-hydrogen) atoms. The van der Waals surface area contributed by atoms with Crippen LogP contribution in [0.1, 0.15) is 19.3 Å². The van der Waals surface area contributed by atoms with Crippen molar-refractivity contribution in [3.05, 3.63) is 30.3 Å². The minimum atomic E-state index is 0. The fourth-order valence-corrected chi connectivity index (χ4v) is 2.07. The van der Waals surface area contributed by atoms with Gasteiger partial charge in [0.15, 0.2) is 0 Å². The van der Waals surface area contributed by atoms with Crippen LogP contribution in [-0.4, -0.2) is 31.7 Å². The average molecular weight is 285 g/mol. The maximum Gasteiger partial charge on any atom is 0.239 e. The summed E-state index contributed by atoms with van der Waals surface area (Å²) in [4.78, 5) is 11.8. The second kappa shape index (κ2) is 8.77. The molecule has 106 valence electrons. The van der Waals surface area contributed by atoms with Crippen LogP contribution < -0.4 is 10.6 Å². The van der Waals surface area contributed by atoms with E-state index in [2.05, 4.69) is 10.6 Å². The van der Waals surface area contributed by atoms with Crippen molar-refractivity contribution in [2.24, 2.45) is 0 Å². The van der Waals surface area contributed by atoms with Crippen LogP contribution in [0.5, 0.6) is 0 Å². The Morgan fingerprint density at radius 1 is 1.21 bits per heavy atom. The highest BCUT2D eigenvalue weighted by molar-refractivity contribution is 5.85. The number of para-hydroxylation sites is 1. The molecule has 1 aliphatic heterocycles. The first-order valence-corrected chi connectivity index (χ1v) is 6.50. The first kappa shape index (κ1) is 15.8. The molecular weight excluding hydrogens is 264 g/mol. The molecule has 1 heterocycles. The molecular formula is C14H21ClN2O2. The maximum absolute atomic E-state index is 11.8. The van der Waals surface area contributed by atoms with Gasteiger partial charge in [0.2, 0.25) is 5.91 Å². The molecule has 0 spiro atoms. The van der Waals surface area contributed by atoms with Crippen LogP contribution in [-0.2, 0) is 9.53 Å². The largest absolute Gasteiger partial charge is 0.381 e. The quantitative estimate of drug-likeness (QED) is 0.891. The highest BCUT2D eigenvalue weighted by Gasteiger charge is 2.14. The monoisotopic (exact) mass is 284 g/mol. The lowest BCUT2D eigenvalue weighted by atomic mass is 10.1. The molecule has 2 rings (SSSR count). The minimum Gasteiger partial charge on any atom is -0.381 e. The summed E-state index contributed by atoms with van der Waals surface area (Å²) in [6, 6.07) is 10.0. The fourth-order valence-electron chi connectivity index (χ4n) is 2.07. The zero-order chi connectivity index (χ0) is 12.6. The zero-order valence-corrected chi connectivity index (χ0v) is 11.7. The van der Waals surface area contributed by atoms with Gasteiger partial charge in [-0.3, -0.25) is 4.79 Å². The number of anilines is 1. The van der Waals surface area contributed by atoms with Crippen LogP contribution in [0.4, 0.5) is 5.69 Å². The molecule has 0 aliphatic carbocycles. The van der Waals surface area contributed by atoms with Crippen molar-refractivity contribution >= 4 is 24.0 Å². The van der Waals surface area contributed by atoms with Gasteiger partial charge in [0.05, 0.1) is 6.54 Å². The lowest BCUT2D eigenvalue weighted by Crippen LogP contribution is -2.38. The number of halogens is 1. The number of rotatable bonds is 4. The predicted octanol–water partition coefficient (Wildman–Crippen LogP) is 2.21. The molecule has 1 saturated heterocycles. The molecule has 0 saturated carbocycles. The van der Waals surface area contributed by atoms with Gasteiger partial charge in [0, 0.05) is 24.9 Å². The molecule has 5 heteroatoms. The third-order valence-electron chi connectivity index (χ3n) is 3.04. The number of hydrogen-bond acceptors (Lipinski definition) is 3. The Balaban J connectivity index is 0.00000180. The van der Waals surface area contributed by atoms with Crippen molar-refractivity contribution in [1.82, 2.24) is 5.32 Å². The molecule has 1 aromatic rings. The first-order valence-electron chi connectivity index (χ1n) is 6.50. The third-order valence-corrected chi connectivity index (χ3v) is 3.04. The number of carbonyl (C=O) groups is 1. The normalized spacial score (nSPS) is 18.8. The molecule has 0 radical (unpaired) electrons. The van der Waals surface area contributed by atoms with Crippen LogP contribution in [0.25, 0.3) is 0 Å². The van der Waals surface area contributed by atoms with E-state index in [0.717, 1.165) is 38.2 Å². The van der Waals surface area contributed by atoms with Crippen LogP contribution in [0.2, 0.25) is 0 Å². The molecule has 1 amide bonds. The number of nitrogens with one attached hydrogen (secondary N) is 2. The summed E-state index contributed by atoms with van der Waals surface area (Å²) in [5.74, 6) is 0.0470. The molecule has 1 fully saturated rings. The zero-order valence-electron chi connectivity index (χ0n) is 10.9. The summed E-state index contributed by atoms with van der Waals surface area (Å²) in [6.07, 6.45) is 2.95. The van der Waals surface area contributed by atoms with Crippen molar-refractivity contribution in [3.63, 3.8) is 0 Å². The number of ether oxygens (including phenoxy) is 1. The Hall–Kier alpha value is -1.26. The van der Waals surface area contributed by atoms with E-state index in [1.807, 2.05) is 30.3 Å². The molecule has 4 nitrogen and oxygen atoms in total. The Morgan fingerprint density at radius 2 is 2.00 bits per heavy atom. The second-order valence-electron chi connectivity index (χ2n) is 4.53. The number of hydrogen-bond donors (Lipinski definition) is 2. The Kier molecular flexibility index (Phi) is 7.30. The summed E-state index contributed by atoms with van der Waals surface area (Å²) in [5.41, 5.74) is 0.969. The van der Waals surface area contributed by atoms with Crippen LogP contribution in [0.15, 0.2) is 30.3 Å². The van der Waals surface area contributed by atoms with E-state index in [0.29, 0.717) is 6.54 Å². The van der Waals surface area contributed by atoms with Crippen LogP contribution in [0.3, 0.4) is 0 Å². The molecule has 1 aliphatic rings. The van der Waals surface area contributed by atoms with Crippen molar-refractivity contribution in [3.8, 4) is 0 Å². The molecule has 0 bridgehead atoms. The first-order chi connectivity index (χ1) is 8.84. The number of benzene rings is 1. The van der Waals surface area contributed by atoms with E-state index in [9.17, 15) is 4.79 Å². The number of carbonyl (C=O) groups excluding carboxylic acids is 1. The summed E-state index contributed by atoms with van der Waals surface area (Å²) in [6.45, 7) is 1.88. The SMILES string of the molecule is Cl.O=C(CNc1ccccc1)NC1CCCOCC1. The predicted molar refractivity (Wildman–Crippen MR) is 78.8 cm³/mol. The van der Waals surface area contributed by atoms with Crippen molar-refractivity contribution in [1.29, 1.82) is 0 Å². The Bertz CT molecular complexity index is 365. The van der Waals surface area contributed by atoms with E-state index in [1.54, 1.807) is 0 Å². The third kappa shape index (κ3) is 5.94. The highest BCUT2D eigenvalue weighted by Crippen LogP contribution is 2.08. The van der Waals surface area contributed by atoms with Crippen LogP contribution in [0, 0.1) is 0 Å². The van der Waals surface area contributed by atoms with Gasteiger partial charge in [-0.25, -0.2) is 0 Å². The van der Waals surface area contributed by atoms with Crippen molar-refractivity contribution in [2.75, 3.05) is 25.1 Å². The van der Waals surface area contributed by atoms with Crippen molar-refractivity contribution in [2.45, 2.75) is 25.3 Å². The summed E-state index contributed by atoms with van der Waals surface area (Å²) < 4.78 is 5.37. The van der Waals surface area contributed by atoms with E-state index in [4.69, 9.17) is 4.74 Å². The maximum atomic E-state index is 11.8. The lowest BCUT2D eigenvalue weighted by Gasteiger charge is -2.16. The van der Waals surface area contributed by atoms with E-state index < -0.39 is 0 Å². The van der Waals surface area contributed by atoms with Gasteiger partial charge in [0.1, 0.15) is 0 Å². The molecule has 0 aromatic heterocycles. The molecule has 1 unspecified atom stereocenters. The van der Waals surface area contributed by atoms with Gasteiger partial charge in [-0.05, 0) is 31.4 Å². The van der Waals surface area contributed by atoms with Crippen molar-refractivity contribution < 1.29 is 9.53 Å². The minimum absolute atomic E-state index is 0. The van der Waals surface area contributed by atoms with Gasteiger partial charge in [-0.15, -0.1) is 12.4 Å². The summed E-state index contributed by atoms with van der Waals surface area (Å²) in [7, 11) is 0. The fraction of sp³-hybridized carbons (Fsp3) is 0.500. The number of amides is 1. The standard InChI is InChI=1S/C14H20N2O2.ClH/c17-14(11-15-12-5-2-1-3-6-12)16-13-7-4-9-18-10-8-13;/h1-3,5-6,13,15H,4,7-11H2,(H,16,17);1H. The Morgan fingerprint density at radius 3 is 2.79 bits per heavy atom. The molecule has 2 N–H and O–H groups in total. The lowest BCUT2D eigenvalue weighted by molar-refractivity contribution is -0.120. The van der Waals surface area contributed by atoms with Crippen LogP contribution >= 0.6 is 12.4 Å².